The van der Waals surface area contributed by atoms with E-state index in [1.165, 1.54) is 7.11 Å². The predicted octanol–water partition coefficient (Wildman–Crippen LogP) is 3.30. The van der Waals surface area contributed by atoms with Crippen LogP contribution in [0.1, 0.15) is 11.1 Å². The summed E-state index contributed by atoms with van der Waals surface area (Å²) in [6.07, 6.45) is 1.71. The van der Waals surface area contributed by atoms with Gasteiger partial charge in [-0.1, -0.05) is 42.2 Å². The molecule has 0 aliphatic carbocycles. The minimum Gasteiger partial charge on any atom is -0.497 e. The van der Waals surface area contributed by atoms with Crippen LogP contribution in [0.25, 0.3) is 6.08 Å². The van der Waals surface area contributed by atoms with E-state index in [9.17, 15) is 4.79 Å². The number of benzene rings is 2. The first-order valence-corrected chi connectivity index (χ1v) is 6.74. The maximum atomic E-state index is 11.8. The van der Waals surface area contributed by atoms with Gasteiger partial charge in [-0.25, -0.2) is 4.79 Å². The summed E-state index contributed by atoms with van der Waals surface area (Å²) in [7, 11) is 2.95. The fraction of sp³-hybridized carbons (Fsp3) is 0.105. The van der Waals surface area contributed by atoms with E-state index < -0.39 is 5.97 Å². The van der Waals surface area contributed by atoms with Crippen molar-refractivity contribution in [1.82, 2.24) is 0 Å². The van der Waals surface area contributed by atoms with E-state index in [0.29, 0.717) is 5.57 Å². The second-order valence-corrected chi connectivity index (χ2v) is 4.44. The summed E-state index contributed by atoms with van der Waals surface area (Å²) in [4.78, 5) is 11.8. The highest BCUT2D eigenvalue weighted by Crippen LogP contribution is 2.11. The van der Waals surface area contributed by atoms with Crippen LogP contribution >= 0.6 is 0 Å². The van der Waals surface area contributed by atoms with E-state index in [4.69, 9.17) is 9.47 Å². The molecule has 0 heterocycles. The first-order chi connectivity index (χ1) is 10.7. The number of hydrogen-bond acceptors (Lipinski definition) is 3. The number of hydrogen-bond donors (Lipinski definition) is 0. The van der Waals surface area contributed by atoms with Gasteiger partial charge in [-0.05, 0) is 35.9 Å². The van der Waals surface area contributed by atoms with Crippen molar-refractivity contribution in [2.24, 2.45) is 0 Å². The Labute approximate surface area is 130 Å². The molecule has 0 saturated heterocycles. The van der Waals surface area contributed by atoms with Crippen LogP contribution < -0.4 is 4.74 Å². The van der Waals surface area contributed by atoms with Crippen LogP contribution in [0.2, 0.25) is 0 Å². The second kappa shape index (κ2) is 7.70. The molecule has 0 unspecified atom stereocenters. The average molecular weight is 292 g/mol. The number of carbonyl (C=O) groups excluding carboxylic acids is 1. The molecule has 0 aromatic heterocycles. The topological polar surface area (TPSA) is 35.5 Å². The molecule has 0 saturated carbocycles. The van der Waals surface area contributed by atoms with E-state index in [1.54, 1.807) is 13.2 Å². The van der Waals surface area contributed by atoms with Crippen LogP contribution in [0.15, 0.2) is 60.2 Å². The van der Waals surface area contributed by atoms with E-state index in [-0.39, 0.29) is 0 Å². The van der Waals surface area contributed by atoms with Gasteiger partial charge in [0.1, 0.15) is 11.3 Å². The number of carbonyl (C=O) groups is 1. The van der Waals surface area contributed by atoms with Gasteiger partial charge in [0.15, 0.2) is 0 Å². The number of ether oxygens (including phenoxy) is 2. The zero-order chi connectivity index (χ0) is 15.8. The molecule has 2 aromatic carbocycles. The zero-order valence-electron chi connectivity index (χ0n) is 12.5. The largest absolute Gasteiger partial charge is 0.497 e. The quantitative estimate of drug-likeness (QED) is 0.494. The molecule has 0 fully saturated rings. The smallest absolute Gasteiger partial charge is 0.346 e. The van der Waals surface area contributed by atoms with Crippen molar-refractivity contribution >= 4 is 12.0 Å². The van der Waals surface area contributed by atoms with Crippen LogP contribution in [-0.4, -0.2) is 20.2 Å². The summed E-state index contributed by atoms with van der Waals surface area (Å²) >= 11 is 0. The van der Waals surface area contributed by atoms with E-state index >= 15 is 0 Å². The Morgan fingerprint density at radius 2 is 1.68 bits per heavy atom. The molecular weight excluding hydrogens is 276 g/mol. The molecule has 22 heavy (non-hydrogen) atoms. The Kier molecular flexibility index (Phi) is 5.39. The van der Waals surface area contributed by atoms with Gasteiger partial charge in [-0.15, -0.1) is 0 Å². The third kappa shape index (κ3) is 4.26. The van der Waals surface area contributed by atoms with Crippen molar-refractivity contribution in [2.75, 3.05) is 14.2 Å². The van der Waals surface area contributed by atoms with Crippen molar-refractivity contribution < 1.29 is 14.3 Å². The molecule has 2 rings (SSSR count). The fourth-order valence-electron chi connectivity index (χ4n) is 1.79. The number of methoxy groups -OCH3 is 2. The lowest BCUT2D eigenvalue weighted by Crippen LogP contribution is -2.02. The minimum absolute atomic E-state index is 0.310. The van der Waals surface area contributed by atoms with E-state index in [1.807, 2.05) is 54.6 Å². The predicted molar refractivity (Wildman–Crippen MR) is 86.3 cm³/mol. The normalized spacial score (nSPS) is 10.4. The molecule has 0 radical (unpaired) electrons. The van der Waals surface area contributed by atoms with Gasteiger partial charge in [-0.3, -0.25) is 0 Å². The molecule has 0 atom stereocenters. The highest BCUT2D eigenvalue weighted by molar-refractivity contribution is 5.98. The van der Waals surface area contributed by atoms with Gasteiger partial charge in [0, 0.05) is 5.56 Å². The average Bonchev–Trinajstić information content (AvgIpc) is 2.59. The van der Waals surface area contributed by atoms with Gasteiger partial charge >= 0.3 is 5.97 Å². The maximum absolute atomic E-state index is 11.8. The zero-order valence-corrected chi connectivity index (χ0v) is 12.5. The molecule has 3 heteroatoms. The van der Waals surface area contributed by atoms with Crippen LogP contribution in [-0.2, 0) is 9.53 Å². The first-order valence-electron chi connectivity index (χ1n) is 6.74. The molecule has 2 aromatic rings. The molecule has 0 bridgehead atoms. The Morgan fingerprint density at radius 3 is 2.27 bits per heavy atom. The van der Waals surface area contributed by atoms with Gasteiger partial charge in [0.2, 0.25) is 0 Å². The first kappa shape index (κ1) is 15.4. The molecule has 0 aliphatic rings. The monoisotopic (exact) mass is 292 g/mol. The molecular formula is C19H16O3. The van der Waals surface area contributed by atoms with Crippen LogP contribution in [0.3, 0.4) is 0 Å². The molecule has 0 amide bonds. The summed E-state index contributed by atoms with van der Waals surface area (Å²) in [6, 6.07) is 16.8. The number of rotatable bonds is 3. The Morgan fingerprint density at radius 1 is 1.00 bits per heavy atom. The van der Waals surface area contributed by atoms with Gasteiger partial charge < -0.3 is 9.47 Å². The van der Waals surface area contributed by atoms with Crippen molar-refractivity contribution in [2.45, 2.75) is 0 Å². The third-order valence-electron chi connectivity index (χ3n) is 2.95. The van der Waals surface area contributed by atoms with Crippen LogP contribution in [0, 0.1) is 11.8 Å². The fourth-order valence-corrected chi connectivity index (χ4v) is 1.79. The highest BCUT2D eigenvalue weighted by atomic mass is 16.5. The lowest BCUT2D eigenvalue weighted by molar-refractivity contribution is -0.135. The second-order valence-electron chi connectivity index (χ2n) is 4.44. The lowest BCUT2D eigenvalue weighted by atomic mass is 10.1. The summed E-state index contributed by atoms with van der Waals surface area (Å²) < 4.78 is 9.88. The summed E-state index contributed by atoms with van der Waals surface area (Å²) in [6.45, 7) is 0. The van der Waals surface area contributed by atoms with E-state index in [0.717, 1.165) is 16.9 Å². The van der Waals surface area contributed by atoms with Gasteiger partial charge in [-0.2, -0.15) is 0 Å². The van der Waals surface area contributed by atoms with E-state index in [2.05, 4.69) is 11.8 Å². The maximum Gasteiger partial charge on any atom is 0.346 e. The summed E-state index contributed by atoms with van der Waals surface area (Å²) in [5.74, 6) is 6.13. The Hall–Kier alpha value is -2.99. The van der Waals surface area contributed by atoms with Gasteiger partial charge in [0.25, 0.3) is 0 Å². The molecule has 0 spiro atoms. The Bertz CT molecular complexity index is 717. The third-order valence-corrected chi connectivity index (χ3v) is 2.95. The molecule has 110 valence electrons. The summed E-state index contributed by atoms with van der Waals surface area (Å²) in [5.41, 5.74) is 2.00. The SMILES string of the molecule is COC(=O)C(C#Cc1ccc(OC)cc1)=Cc1ccccc1. The molecule has 0 aliphatic heterocycles. The van der Waals surface area contributed by atoms with Crippen molar-refractivity contribution in [3.05, 3.63) is 71.3 Å². The summed E-state index contributed by atoms with van der Waals surface area (Å²) in [5, 5.41) is 0. The van der Waals surface area contributed by atoms with Crippen molar-refractivity contribution in [1.29, 1.82) is 0 Å². The van der Waals surface area contributed by atoms with Gasteiger partial charge in [0.05, 0.1) is 14.2 Å². The Balaban J connectivity index is 2.29. The number of esters is 1. The van der Waals surface area contributed by atoms with Crippen molar-refractivity contribution in [3.8, 4) is 17.6 Å². The highest BCUT2D eigenvalue weighted by Gasteiger charge is 2.06. The standard InChI is InChI=1S/C19H16O3/c1-21-18-12-9-15(10-13-18)8-11-17(19(20)22-2)14-16-6-4-3-5-7-16/h3-7,9-10,12-14H,1-2H3. The van der Waals surface area contributed by atoms with Crippen LogP contribution in [0.4, 0.5) is 0 Å². The minimum atomic E-state index is -0.454. The van der Waals surface area contributed by atoms with Crippen molar-refractivity contribution in [3.63, 3.8) is 0 Å². The van der Waals surface area contributed by atoms with Crippen LogP contribution in [0.5, 0.6) is 5.75 Å². The molecule has 0 N–H and O–H groups in total. The lowest BCUT2D eigenvalue weighted by Gasteiger charge is -1.99. The molecule has 3 nitrogen and oxygen atoms in total.